The molecule has 0 saturated carbocycles. The second kappa shape index (κ2) is 9.58. The molecule has 0 spiro atoms. The second-order valence-electron chi connectivity index (χ2n) is 7.26. The third-order valence-electron chi connectivity index (χ3n) is 4.52. The van der Waals surface area contributed by atoms with Gasteiger partial charge in [0.2, 0.25) is 25.9 Å². The summed E-state index contributed by atoms with van der Waals surface area (Å²) in [5.41, 5.74) is 2.73. The first kappa shape index (κ1) is 23.3. The molecule has 1 N–H and O–H groups in total. The number of sulfone groups is 1. The lowest BCUT2D eigenvalue weighted by molar-refractivity contribution is -0.113. The minimum Gasteiger partial charge on any atom is -0.459 e. The predicted octanol–water partition coefficient (Wildman–Crippen LogP) is 5.88. The lowest BCUT2D eigenvalue weighted by atomic mass is 10.1. The highest BCUT2D eigenvalue weighted by atomic mass is 79.9. The SMILES string of the molecule is Cc1cc(C)cc(NC(=O)CSc2oc(-c3ccco3)nc2S(=O)(=O)c2ccc(Br)cc2)c1. The quantitative estimate of drug-likeness (QED) is 0.289. The maximum absolute atomic E-state index is 13.3. The van der Waals surface area contributed by atoms with E-state index in [1.807, 2.05) is 32.0 Å². The normalized spacial score (nSPS) is 11.5. The number of rotatable bonds is 7. The average Bonchev–Trinajstić information content (AvgIpc) is 3.42. The molecule has 4 rings (SSSR count). The molecular weight excluding hydrogens is 528 g/mol. The van der Waals surface area contributed by atoms with Crippen LogP contribution >= 0.6 is 27.7 Å². The van der Waals surface area contributed by atoms with E-state index in [1.54, 1.807) is 24.3 Å². The van der Waals surface area contributed by atoms with E-state index in [2.05, 4.69) is 26.2 Å². The van der Waals surface area contributed by atoms with Crippen LogP contribution in [0.5, 0.6) is 0 Å². The fourth-order valence-electron chi connectivity index (χ4n) is 3.16. The zero-order valence-corrected chi connectivity index (χ0v) is 20.9. The van der Waals surface area contributed by atoms with Crippen LogP contribution in [-0.2, 0) is 14.6 Å². The van der Waals surface area contributed by atoms with Crippen LogP contribution in [0.25, 0.3) is 11.7 Å². The summed E-state index contributed by atoms with van der Waals surface area (Å²) in [5, 5.41) is 2.58. The molecule has 0 fully saturated rings. The van der Waals surface area contributed by atoms with E-state index in [0.29, 0.717) is 5.69 Å². The Labute approximate surface area is 203 Å². The van der Waals surface area contributed by atoms with Crippen LogP contribution in [0, 0.1) is 13.8 Å². The molecular formula is C23H19BrN2O5S2. The molecule has 2 heterocycles. The molecule has 2 aromatic carbocycles. The maximum Gasteiger partial charge on any atom is 0.265 e. The third kappa shape index (κ3) is 5.40. The number of anilines is 1. The number of nitrogens with one attached hydrogen (secondary N) is 1. The summed E-state index contributed by atoms with van der Waals surface area (Å²) in [6.07, 6.45) is 1.44. The van der Waals surface area contributed by atoms with Crippen LogP contribution in [0.3, 0.4) is 0 Å². The van der Waals surface area contributed by atoms with Crippen LogP contribution in [0.2, 0.25) is 0 Å². The number of benzene rings is 2. The molecule has 0 aliphatic heterocycles. The first-order valence-corrected chi connectivity index (χ1v) is 13.0. The Balaban J connectivity index is 1.61. The Morgan fingerprint density at radius 1 is 1.09 bits per heavy atom. The summed E-state index contributed by atoms with van der Waals surface area (Å²) in [4.78, 5) is 16.8. The molecule has 33 heavy (non-hydrogen) atoms. The van der Waals surface area contributed by atoms with E-state index >= 15 is 0 Å². The highest BCUT2D eigenvalue weighted by Gasteiger charge is 2.29. The zero-order chi connectivity index (χ0) is 23.6. The van der Waals surface area contributed by atoms with Crippen LogP contribution in [0.1, 0.15) is 11.1 Å². The third-order valence-corrected chi connectivity index (χ3v) is 7.80. The van der Waals surface area contributed by atoms with Crippen molar-refractivity contribution in [2.45, 2.75) is 28.9 Å². The number of carbonyl (C=O) groups excluding carboxylic acids is 1. The van der Waals surface area contributed by atoms with Crippen molar-refractivity contribution in [3.63, 3.8) is 0 Å². The van der Waals surface area contributed by atoms with Crippen LogP contribution in [0.4, 0.5) is 5.69 Å². The van der Waals surface area contributed by atoms with Crippen molar-refractivity contribution < 1.29 is 22.0 Å². The van der Waals surface area contributed by atoms with Gasteiger partial charge in [-0.3, -0.25) is 4.79 Å². The molecule has 170 valence electrons. The van der Waals surface area contributed by atoms with Gasteiger partial charge in [-0.25, -0.2) is 8.42 Å². The molecule has 2 aromatic heterocycles. The minimum atomic E-state index is -3.99. The number of halogens is 1. The summed E-state index contributed by atoms with van der Waals surface area (Å²) in [7, 11) is -3.99. The molecule has 0 unspecified atom stereocenters. The van der Waals surface area contributed by atoms with Gasteiger partial charge in [-0.1, -0.05) is 33.8 Å². The number of thioether (sulfide) groups is 1. The summed E-state index contributed by atoms with van der Waals surface area (Å²) in [5.74, 6) is -0.0579. The van der Waals surface area contributed by atoms with Crippen molar-refractivity contribution in [2.24, 2.45) is 0 Å². The van der Waals surface area contributed by atoms with E-state index in [0.717, 1.165) is 27.4 Å². The maximum atomic E-state index is 13.3. The Morgan fingerprint density at radius 3 is 2.42 bits per heavy atom. The number of nitrogens with zero attached hydrogens (tertiary/aromatic N) is 1. The van der Waals surface area contributed by atoms with Gasteiger partial charge in [0.05, 0.1) is 16.9 Å². The van der Waals surface area contributed by atoms with Gasteiger partial charge in [-0.15, -0.1) is 0 Å². The van der Waals surface area contributed by atoms with Gasteiger partial charge in [-0.05, 0) is 73.5 Å². The van der Waals surface area contributed by atoms with Gasteiger partial charge >= 0.3 is 0 Å². The van der Waals surface area contributed by atoms with Gasteiger partial charge in [0.1, 0.15) is 0 Å². The van der Waals surface area contributed by atoms with E-state index in [1.165, 1.54) is 18.4 Å². The molecule has 10 heteroatoms. The highest BCUT2D eigenvalue weighted by molar-refractivity contribution is 9.10. The Bertz CT molecular complexity index is 1380. The molecule has 0 atom stereocenters. The molecule has 7 nitrogen and oxygen atoms in total. The van der Waals surface area contributed by atoms with E-state index in [4.69, 9.17) is 8.83 Å². The Kier molecular flexibility index (Phi) is 6.78. The van der Waals surface area contributed by atoms with Crippen LogP contribution < -0.4 is 5.32 Å². The van der Waals surface area contributed by atoms with Crippen molar-refractivity contribution in [3.05, 3.63) is 76.5 Å². The number of oxazole rings is 1. The van der Waals surface area contributed by atoms with Crippen molar-refractivity contribution in [3.8, 4) is 11.7 Å². The van der Waals surface area contributed by atoms with E-state index in [9.17, 15) is 13.2 Å². The second-order valence-corrected chi connectivity index (χ2v) is 11.0. The lowest BCUT2D eigenvalue weighted by Gasteiger charge is -2.07. The molecule has 0 aliphatic carbocycles. The number of aryl methyl sites for hydroxylation is 2. The summed E-state index contributed by atoms with van der Waals surface area (Å²) >= 11 is 4.25. The smallest absolute Gasteiger partial charge is 0.265 e. The fourth-order valence-corrected chi connectivity index (χ4v) is 5.75. The fraction of sp³-hybridized carbons (Fsp3) is 0.130. The number of amides is 1. The number of furan rings is 1. The molecule has 0 aliphatic rings. The molecule has 4 aromatic rings. The first-order chi connectivity index (χ1) is 15.7. The van der Waals surface area contributed by atoms with Crippen molar-refractivity contribution in [2.75, 3.05) is 11.1 Å². The van der Waals surface area contributed by atoms with Gasteiger partial charge in [0, 0.05) is 10.2 Å². The van der Waals surface area contributed by atoms with Crippen molar-refractivity contribution in [1.29, 1.82) is 0 Å². The molecule has 0 bridgehead atoms. The van der Waals surface area contributed by atoms with E-state index < -0.39 is 9.84 Å². The summed E-state index contributed by atoms with van der Waals surface area (Å²) < 4.78 is 38.3. The van der Waals surface area contributed by atoms with Gasteiger partial charge < -0.3 is 14.2 Å². The minimum absolute atomic E-state index is 0.0138. The summed E-state index contributed by atoms with van der Waals surface area (Å²) in [6, 6.07) is 15.2. The Hall–Kier alpha value is -2.82. The van der Waals surface area contributed by atoms with Crippen LogP contribution in [-0.4, -0.2) is 25.1 Å². The lowest BCUT2D eigenvalue weighted by Crippen LogP contribution is -2.14. The van der Waals surface area contributed by atoms with Crippen molar-refractivity contribution >= 4 is 49.1 Å². The Morgan fingerprint density at radius 2 is 1.79 bits per heavy atom. The summed E-state index contributed by atoms with van der Waals surface area (Å²) in [6.45, 7) is 3.89. The number of hydrogen-bond donors (Lipinski definition) is 1. The van der Waals surface area contributed by atoms with Gasteiger partial charge in [0.15, 0.2) is 5.76 Å². The molecule has 0 radical (unpaired) electrons. The topological polar surface area (TPSA) is 102 Å². The molecule has 1 amide bonds. The zero-order valence-electron chi connectivity index (χ0n) is 17.7. The molecule has 0 saturated heterocycles. The average molecular weight is 547 g/mol. The monoisotopic (exact) mass is 546 g/mol. The van der Waals surface area contributed by atoms with Gasteiger partial charge in [-0.2, -0.15) is 4.98 Å². The van der Waals surface area contributed by atoms with Crippen LogP contribution in [0.15, 0.2) is 89.2 Å². The highest BCUT2D eigenvalue weighted by Crippen LogP contribution is 2.35. The predicted molar refractivity (Wildman–Crippen MR) is 129 cm³/mol. The van der Waals surface area contributed by atoms with Crippen molar-refractivity contribution in [1.82, 2.24) is 4.98 Å². The number of aromatic nitrogens is 1. The standard InChI is InChI=1S/C23H19BrN2O5S2/c1-14-10-15(2)12-17(11-14)25-20(27)13-32-23-22(26-21(31-23)19-4-3-9-30-19)33(28,29)18-7-5-16(24)6-8-18/h3-12H,13H2,1-2H3,(H,25,27). The number of hydrogen-bond acceptors (Lipinski definition) is 7. The first-order valence-electron chi connectivity index (χ1n) is 9.79. The van der Waals surface area contributed by atoms with E-state index in [-0.39, 0.29) is 38.3 Å². The largest absolute Gasteiger partial charge is 0.459 e. The van der Waals surface area contributed by atoms with Gasteiger partial charge in [0.25, 0.3) is 5.89 Å². The number of carbonyl (C=O) groups is 1.